The maximum absolute atomic E-state index is 2.33. The molecule has 0 aromatic heterocycles. The van der Waals surface area contributed by atoms with Crippen molar-refractivity contribution in [3.05, 3.63) is 104 Å². The largest absolute Gasteiger partial charge is 0.0616 e. The molecule has 0 spiro atoms. The van der Waals surface area contributed by atoms with E-state index in [-0.39, 0.29) is 0 Å². The van der Waals surface area contributed by atoms with Crippen molar-refractivity contribution in [2.45, 2.75) is 6.92 Å². The van der Waals surface area contributed by atoms with Crippen molar-refractivity contribution in [2.75, 3.05) is 0 Å². The second-order valence-corrected chi connectivity index (χ2v) is 6.37. The summed E-state index contributed by atoms with van der Waals surface area (Å²) in [7, 11) is 0. The van der Waals surface area contributed by atoms with Crippen LogP contribution in [0, 0.1) is 17.4 Å². The van der Waals surface area contributed by atoms with Gasteiger partial charge in [-0.1, -0.05) is 66.2 Å². The molecule has 0 aliphatic heterocycles. The molecular weight excluding hydrogens is 276 g/mol. The van der Waals surface area contributed by atoms with Crippen LogP contribution in [-0.4, -0.2) is 0 Å². The number of aryl methyl sites for hydroxylation is 1. The molecule has 23 heavy (non-hydrogen) atoms. The van der Waals surface area contributed by atoms with Gasteiger partial charge in [0.2, 0.25) is 0 Å². The zero-order chi connectivity index (χ0) is 15.4. The average Bonchev–Trinajstić information content (AvgIpc) is 3.16. The summed E-state index contributed by atoms with van der Waals surface area (Å²) in [5, 5.41) is 5.35. The van der Waals surface area contributed by atoms with Gasteiger partial charge in [0.05, 0.1) is 0 Å². The highest BCUT2D eigenvalue weighted by Gasteiger charge is 2.13. The van der Waals surface area contributed by atoms with Crippen molar-refractivity contribution in [2.24, 2.45) is 0 Å². The molecule has 5 rings (SSSR count). The number of rotatable bonds is 1. The Morgan fingerprint density at radius 2 is 1.39 bits per heavy atom. The van der Waals surface area contributed by atoms with Gasteiger partial charge in [-0.25, -0.2) is 0 Å². The fraction of sp³-hybridized carbons (Fsp3) is 0.0435. The van der Waals surface area contributed by atoms with Crippen LogP contribution in [-0.2, 0) is 0 Å². The highest BCUT2D eigenvalue weighted by atomic mass is 14.2. The van der Waals surface area contributed by atoms with Gasteiger partial charge in [0.1, 0.15) is 0 Å². The summed E-state index contributed by atoms with van der Waals surface area (Å²) < 4.78 is 0. The van der Waals surface area contributed by atoms with Gasteiger partial charge in [0.15, 0.2) is 0 Å². The first kappa shape index (κ1) is 12.7. The molecule has 0 amide bonds. The zero-order valence-electron chi connectivity index (χ0n) is 13.0. The lowest BCUT2D eigenvalue weighted by Crippen LogP contribution is -2.03. The second kappa shape index (κ2) is 4.57. The third-order valence-electron chi connectivity index (χ3n) is 4.87. The van der Waals surface area contributed by atoms with Crippen molar-refractivity contribution in [1.82, 2.24) is 0 Å². The minimum absolute atomic E-state index is 1.29. The summed E-state index contributed by atoms with van der Waals surface area (Å²) in [6.45, 7) is 2.13. The van der Waals surface area contributed by atoms with Crippen LogP contribution < -0.4 is 10.4 Å². The van der Waals surface area contributed by atoms with Gasteiger partial charge in [-0.3, -0.25) is 0 Å². The molecule has 0 saturated heterocycles. The molecule has 3 aromatic rings. The first-order valence-corrected chi connectivity index (χ1v) is 8.04. The van der Waals surface area contributed by atoms with Gasteiger partial charge in [0, 0.05) is 0 Å². The zero-order valence-corrected chi connectivity index (χ0v) is 13.0. The molecule has 0 radical (unpaired) electrons. The normalized spacial score (nSPS) is 13.5. The van der Waals surface area contributed by atoms with E-state index >= 15 is 0 Å². The Morgan fingerprint density at radius 1 is 0.565 bits per heavy atom. The van der Waals surface area contributed by atoms with E-state index in [0.29, 0.717) is 0 Å². The molecule has 0 bridgehead atoms. The molecule has 0 heterocycles. The fourth-order valence-electron chi connectivity index (χ4n) is 3.63. The van der Waals surface area contributed by atoms with E-state index in [9.17, 15) is 0 Å². The van der Waals surface area contributed by atoms with Gasteiger partial charge in [-0.2, -0.15) is 0 Å². The van der Waals surface area contributed by atoms with Gasteiger partial charge in [-0.15, -0.1) is 0 Å². The molecule has 0 heteroatoms. The molecule has 2 aliphatic carbocycles. The highest BCUT2D eigenvalue weighted by molar-refractivity contribution is 6.03. The molecule has 0 N–H and O–H groups in total. The minimum Gasteiger partial charge on any atom is -0.0616 e. The first-order valence-electron chi connectivity index (χ1n) is 8.04. The quantitative estimate of drug-likeness (QED) is 0.501. The van der Waals surface area contributed by atoms with E-state index in [0.717, 1.165) is 0 Å². The molecule has 0 saturated carbocycles. The lowest BCUT2D eigenvalue weighted by molar-refractivity contribution is 1.45. The fourth-order valence-corrected chi connectivity index (χ4v) is 3.63. The van der Waals surface area contributed by atoms with Crippen LogP contribution in [0.3, 0.4) is 0 Å². The third-order valence-corrected chi connectivity index (χ3v) is 4.87. The molecule has 0 atom stereocenters. The molecule has 3 aromatic carbocycles. The van der Waals surface area contributed by atoms with Crippen LogP contribution in [0.15, 0.2) is 60.7 Å². The summed E-state index contributed by atoms with van der Waals surface area (Å²) >= 11 is 0. The van der Waals surface area contributed by atoms with E-state index < -0.39 is 0 Å². The Balaban J connectivity index is 1.77. The molecule has 108 valence electrons. The maximum atomic E-state index is 2.33. The van der Waals surface area contributed by atoms with Crippen LogP contribution >= 0.6 is 0 Å². The van der Waals surface area contributed by atoms with Gasteiger partial charge in [0.25, 0.3) is 0 Å². The highest BCUT2D eigenvalue weighted by Crippen LogP contribution is 2.26. The topological polar surface area (TPSA) is 0 Å². The first-order chi connectivity index (χ1) is 11.3. The SMILES string of the molecule is Cc1ccc(C2=Cc3c4c(ccc3=C2)=c2ccccc2=C4)cc1. The Bertz CT molecular complexity index is 1190. The number of hydrogen-bond donors (Lipinski definition) is 0. The van der Waals surface area contributed by atoms with Gasteiger partial charge < -0.3 is 0 Å². The number of fused-ring (bicyclic) bond motifs is 4. The van der Waals surface area contributed by atoms with Crippen molar-refractivity contribution in [1.29, 1.82) is 0 Å². The van der Waals surface area contributed by atoms with Crippen LogP contribution in [0.4, 0.5) is 0 Å². The minimum atomic E-state index is 1.29. The van der Waals surface area contributed by atoms with E-state index in [1.165, 1.54) is 48.7 Å². The van der Waals surface area contributed by atoms with E-state index in [1.54, 1.807) is 0 Å². The summed E-state index contributed by atoms with van der Waals surface area (Å²) in [4.78, 5) is 0. The Kier molecular flexibility index (Phi) is 2.51. The van der Waals surface area contributed by atoms with Crippen LogP contribution in [0.1, 0.15) is 22.3 Å². The van der Waals surface area contributed by atoms with E-state index in [1.807, 2.05) is 0 Å². The Morgan fingerprint density at radius 3 is 2.26 bits per heavy atom. The van der Waals surface area contributed by atoms with Gasteiger partial charge >= 0.3 is 0 Å². The van der Waals surface area contributed by atoms with Crippen molar-refractivity contribution >= 4 is 23.8 Å². The van der Waals surface area contributed by atoms with E-state index in [4.69, 9.17) is 0 Å². The lowest BCUT2D eigenvalue weighted by atomic mass is 10.0. The van der Waals surface area contributed by atoms with E-state index in [2.05, 4.69) is 85.8 Å². The van der Waals surface area contributed by atoms with Crippen molar-refractivity contribution in [3.63, 3.8) is 0 Å². The molecule has 0 unspecified atom stereocenters. The molecule has 0 nitrogen and oxygen atoms in total. The molecule has 0 fully saturated rings. The van der Waals surface area contributed by atoms with Crippen molar-refractivity contribution < 1.29 is 0 Å². The van der Waals surface area contributed by atoms with Crippen LogP contribution in [0.5, 0.6) is 0 Å². The molecular formula is C23H16. The van der Waals surface area contributed by atoms with Crippen LogP contribution in [0.2, 0.25) is 0 Å². The lowest BCUT2D eigenvalue weighted by Gasteiger charge is -2.00. The summed E-state index contributed by atoms with van der Waals surface area (Å²) in [5.41, 5.74) is 6.61. The second-order valence-electron chi connectivity index (χ2n) is 6.37. The number of allylic oxidation sites excluding steroid dienone is 1. The van der Waals surface area contributed by atoms with Crippen molar-refractivity contribution in [3.8, 4) is 0 Å². The molecule has 2 aliphatic rings. The Labute approximate surface area is 135 Å². The predicted octanol–water partition coefficient (Wildman–Crippen LogP) is 3.76. The summed E-state index contributed by atoms with van der Waals surface area (Å²) in [5.74, 6) is 0. The third kappa shape index (κ3) is 1.85. The number of benzene rings is 3. The predicted molar refractivity (Wildman–Crippen MR) is 96.9 cm³/mol. The monoisotopic (exact) mass is 292 g/mol. The Hall–Kier alpha value is -2.86. The van der Waals surface area contributed by atoms with Gasteiger partial charge in [-0.05, 0) is 68.3 Å². The maximum Gasteiger partial charge on any atom is -0.00928 e. The standard InChI is InChI=1S/C23H16/c1-15-6-8-16(9-7-15)19-12-18-10-11-21-20-5-3-2-4-17(20)13-23(21)22(18)14-19/h2-14H,1H3. The summed E-state index contributed by atoms with van der Waals surface area (Å²) in [6.07, 6.45) is 6.96. The summed E-state index contributed by atoms with van der Waals surface area (Å²) in [6, 6.07) is 21.9. The smallest absolute Gasteiger partial charge is 0.00928 e. The van der Waals surface area contributed by atoms with Crippen LogP contribution in [0.25, 0.3) is 23.8 Å². The number of hydrogen-bond acceptors (Lipinski definition) is 0. The average molecular weight is 292 g/mol.